The Morgan fingerprint density at radius 1 is 1.21 bits per heavy atom. The molecular weight excluding hydrogens is 240 g/mol. The molecule has 0 heterocycles. The van der Waals surface area contributed by atoms with Gasteiger partial charge in [-0.15, -0.1) is 0 Å². The molecule has 1 aromatic rings. The van der Waals surface area contributed by atoms with Crippen molar-refractivity contribution in [3.63, 3.8) is 0 Å². The van der Waals surface area contributed by atoms with Gasteiger partial charge in [0.15, 0.2) is 0 Å². The number of hydrogen-bond donors (Lipinski definition) is 0. The number of benzene rings is 1. The molecule has 0 unspecified atom stereocenters. The Morgan fingerprint density at radius 2 is 1.89 bits per heavy atom. The van der Waals surface area contributed by atoms with E-state index in [4.69, 9.17) is 9.47 Å². The van der Waals surface area contributed by atoms with E-state index in [0.717, 1.165) is 24.3 Å². The molecule has 0 bridgehead atoms. The van der Waals surface area contributed by atoms with Crippen LogP contribution in [-0.2, 0) is 16.1 Å². The fourth-order valence-electron chi connectivity index (χ4n) is 2.56. The molecule has 1 saturated carbocycles. The molecule has 104 valence electrons. The zero-order valence-electron chi connectivity index (χ0n) is 11.7. The van der Waals surface area contributed by atoms with Crippen LogP contribution in [0.2, 0.25) is 0 Å². The summed E-state index contributed by atoms with van der Waals surface area (Å²) in [4.78, 5) is 11.7. The second-order valence-corrected chi connectivity index (χ2v) is 5.34. The standard InChI is InChI=1S/C16H22O3/c1-12-7-9-14(10-8-12)19-11-13-5-3-4-6-15(13)16(17)18-2/h3-6,12,14H,7-11H2,1-2H3. The largest absolute Gasteiger partial charge is 0.465 e. The Morgan fingerprint density at radius 3 is 2.58 bits per heavy atom. The molecule has 0 saturated heterocycles. The highest BCUT2D eigenvalue weighted by Crippen LogP contribution is 2.26. The smallest absolute Gasteiger partial charge is 0.338 e. The SMILES string of the molecule is COC(=O)c1ccccc1COC1CCC(C)CC1. The second kappa shape index (κ2) is 6.71. The zero-order chi connectivity index (χ0) is 13.7. The highest BCUT2D eigenvalue weighted by Gasteiger charge is 2.19. The van der Waals surface area contributed by atoms with Gasteiger partial charge in [-0.05, 0) is 43.2 Å². The molecule has 3 nitrogen and oxygen atoms in total. The normalized spacial score (nSPS) is 23.1. The Labute approximate surface area is 114 Å². The fraction of sp³-hybridized carbons (Fsp3) is 0.562. The van der Waals surface area contributed by atoms with Crippen LogP contribution in [0.4, 0.5) is 0 Å². The second-order valence-electron chi connectivity index (χ2n) is 5.34. The highest BCUT2D eigenvalue weighted by molar-refractivity contribution is 5.90. The Balaban J connectivity index is 1.94. The summed E-state index contributed by atoms with van der Waals surface area (Å²) in [6.07, 6.45) is 5.07. The van der Waals surface area contributed by atoms with E-state index in [2.05, 4.69) is 6.92 Å². The van der Waals surface area contributed by atoms with Crippen LogP contribution in [-0.4, -0.2) is 19.2 Å². The van der Waals surface area contributed by atoms with Gasteiger partial charge in [0.05, 0.1) is 25.4 Å². The van der Waals surface area contributed by atoms with Crippen LogP contribution in [0, 0.1) is 5.92 Å². The van der Waals surface area contributed by atoms with Crippen molar-refractivity contribution in [2.45, 2.75) is 45.3 Å². The van der Waals surface area contributed by atoms with Gasteiger partial charge in [-0.2, -0.15) is 0 Å². The molecule has 1 fully saturated rings. The third-order valence-corrected chi connectivity index (χ3v) is 3.86. The van der Waals surface area contributed by atoms with Crippen molar-refractivity contribution in [3.8, 4) is 0 Å². The van der Waals surface area contributed by atoms with Gasteiger partial charge in [0, 0.05) is 0 Å². The monoisotopic (exact) mass is 262 g/mol. The summed E-state index contributed by atoms with van der Waals surface area (Å²) in [5.41, 5.74) is 1.52. The topological polar surface area (TPSA) is 35.5 Å². The van der Waals surface area contributed by atoms with E-state index in [-0.39, 0.29) is 5.97 Å². The first-order valence-electron chi connectivity index (χ1n) is 6.98. The van der Waals surface area contributed by atoms with E-state index in [1.54, 1.807) is 6.07 Å². The van der Waals surface area contributed by atoms with Crippen molar-refractivity contribution in [1.29, 1.82) is 0 Å². The number of esters is 1. The van der Waals surface area contributed by atoms with Gasteiger partial charge in [-0.25, -0.2) is 4.79 Å². The highest BCUT2D eigenvalue weighted by atomic mass is 16.5. The van der Waals surface area contributed by atoms with Gasteiger partial charge in [0.1, 0.15) is 0 Å². The average Bonchev–Trinajstić information content (AvgIpc) is 2.46. The van der Waals surface area contributed by atoms with E-state index in [1.165, 1.54) is 20.0 Å². The van der Waals surface area contributed by atoms with Crippen molar-refractivity contribution < 1.29 is 14.3 Å². The maximum atomic E-state index is 11.7. The minimum Gasteiger partial charge on any atom is -0.465 e. The summed E-state index contributed by atoms with van der Waals surface area (Å²) in [5.74, 6) is 0.527. The first-order valence-corrected chi connectivity index (χ1v) is 6.98. The Bertz CT molecular complexity index is 420. The lowest BCUT2D eigenvalue weighted by molar-refractivity contribution is 0.00809. The fourth-order valence-corrected chi connectivity index (χ4v) is 2.56. The summed E-state index contributed by atoms with van der Waals surface area (Å²) in [6, 6.07) is 7.48. The lowest BCUT2D eigenvalue weighted by atomic mass is 9.89. The lowest BCUT2D eigenvalue weighted by Crippen LogP contribution is -2.20. The Kier molecular flexibility index (Phi) is 4.97. The van der Waals surface area contributed by atoms with Crippen LogP contribution in [0.15, 0.2) is 24.3 Å². The minimum absolute atomic E-state index is 0.295. The first kappa shape index (κ1) is 14.1. The van der Waals surface area contributed by atoms with Crippen LogP contribution in [0.25, 0.3) is 0 Å². The molecule has 0 aromatic heterocycles. The van der Waals surface area contributed by atoms with Crippen molar-refractivity contribution in [2.75, 3.05) is 7.11 Å². The zero-order valence-corrected chi connectivity index (χ0v) is 11.7. The molecule has 0 aliphatic heterocycles. The van der Waals surface area contributed by atoms with E-state index >= 15 is 0 Å². The van der Waals surface area contributed by atoms with Gasteiger partial charge < -0.3 is 9.47 Å². The molecule has 0 atom stereocenters. The third-order valence-electron chi connectivity index (χ3n) is 3.86. The number of ether oxygens (including phenoxy) is 2. The van der Waals surface area contributed by atoms with Crippen LogP contribution in [0.5, 0.6) is 0 Å². The number of carbonyl (C=O) groups excluding carboxylic acids is 1. The molecular formula is C16H22O3. The third kappa shape index (κ3) is 3.80. The van der Waals surface area contributed by atoms with Crippen molar-refractivity contribution >= 4 is 5.97 Å². The van der Waals surface area contributed by atoms with Crippen LogP contribution >= 0.6 is 0 Å². The van der Waals surface area contributed by atoms with Crippen molar-refractivity contribution in [1.82, 2.24) is 0 Å². The van der Waals surface area contributed by atoms with Gasteiger partial charge in [0.25, 0.3) is 0 Å². The lowest BCUT2D eigenvalue weighted by Gasteiger charge is -2.26. The van der Waals surface area contributed by atoms with E-state index in [0.29, 0.717) is 18.3 Å². The molecule has 0 amide bonds. The molecule has 3 heteroatoms. The number of carbonyl (C=O) groups is 1. The van der Waals surface area contributed by atoms with Gasteiger partial charge >= 0.3 is 5.97 Å². The van der Waals surface area contributed by atoms with Crippen LogP contribution in [0.3, 0.4) is 0 Å². The number of hydrogen-bond acceptors (Lipinski definition) is 3. The summed E-state index contributed by atoms with van der Waals surface area (Å²) in [7, 11) is 1.41. The molecule has 1 aliphatic rings. The van der Waals surface area contributed by atoms with Crippen LogP contribution < -0.4 is 0 Å². The minimum atomic E-state index is -0.295. The van der Waals surface area contributed by atoms with E-state index < -0.39 is 0 Å². The van der Waals surface area contributed by atoms with Gasteiger partial charge in [-0.3, -0.25) is 0 Å². The predicted octanol–water partition coefficient (Wildman–Crippen LogP) is 3.57. The van der Waals surface area contributed by atoms with Crippen molar-refractivity contribution in [2.24, 2.45) is 5.92 Å². The van der Waals surface area contributed by atoms with Gasteiger partial charge in [0.2, 0.25) is 0 Å². The molecule has 1 aliphatic carbocycles. The predicted molar refractivity (Wildman–Crippen MR) is 74.0 cm³/mol. The maximum Gasteiger partial charge on any atom is 0.338 e. The van der Waals surface area contributed by atoms with Crippen LogP contribution in [0.1, 0.15) is 48.5 Å². The van der Waals surface area contributed by atoms with E-state index in [1.807, 2.05) is 18.2 Å². The maximum absolute atomic E-state index is 11.7. The molecule has 0 radical (unpaired) electrons. The molecule has 2 rings (SSSR count). The molecule has 1 aromatic carbocycles. The summed E-state index contributed by atoms with van der Waals surface area (Å²) in [6.45, 7) is 2.78. The summed E-state index contributed by atoms with van der Waals surface area (Å²) >= 11 is 0. The average molecular weight is 262 g/mol. The quantitative estimate of drug-likeness (QED) is 0.778. The van der Waals surface area contributed by atoms with Crippen molar-refractivity contribution in [3.05, 3.63) is 35.4 Å². The summed E-state index contributed by atoms with van der Waals surface area (Å²) < 4.78 is 10.7. The summed E-state index contributed by atoms with van der Waals surface area (Å²) in [5, 5.41) is 0. The van der Waals surface area contributed by atoms with Gasteiger partial charge in [-0.1, -0.05) is 25.1 Å². The number of methoxy groups -OCH3 is 1. The molecule has 19 heavy (non-hydrogen) atoms. The number of rotatable bonds is 4. The first-order chi connectivity index (χ1) is 9.20. The molecule has 0 spiro atoms. The Hall–Kier alpha value is -1.35. The van der Waals surface area contributed by atoms with E-state index in [9.17, 15) is 4.79 Å². The molecule has 0 N–H and O–H groups in total.